The molecule has 0 radical (unpaired) electrons. The number of carbonyl (C=O) groups excluding carboxylic acids is 1. The fraction of sp³-hybridized carbons (Fsp3) is 0.368. The lowest BCUT2D eigenvalue weighted by Gasteiger charge is -2.09. The highest BCUT2D eigenvalue weighted by molar-refractivity contribution is 5.94. The third-order valence-corrected chi connectivity index (χ3v) is 3.69. The number of hydrogen-bond donors (Lipinski definition) is 2. The van der Waals surface area contributed by atoms with E-state index in [0.717, 1.165) is 30.7 Å². The molecule has 0 atom stereocenters. The van der Waals surface area contributed by atoms with Crippen molar-refractivity contribution in [2.24, 2.45) is 0 Å². The van der Waals surface area contributed by atoms with Gasteiger partial charge in [-0.1, -0.05) is 12.1 Å². The minimum Gasteiger partial charge on any atom is -0.497 e. The highest BCUT2D eigenvalue weighted by Crippen LogP contribution is 2.12. The molecule has 2 aromatic rings. The predicted molar refractivity (Wildman–Crippen MR) is 98.3 cm³/mol. The Kier molecular flexibility index (Phi) is 7.72. The van der Waals surface area contributed by atoms with Crippen LogP contribution in [-0.2, 0) is 11.2 Å². The molecule has 0 unspecified atom stereocenters. The van der Waals surface area contributed by atoms with Gasteiger partial charge in [0.25, 0.3) is 5.91 Å². The fourth-order valence-corrected chi connectivity index (χ4v) is 2.35. The molecule has 0 bridgehead atoms. The second-order valence-electron chi connectivity index (χ2n) is 5.56. The maximum Gasteiger partial charge on any atom is 0.251 e. The zero-order valence-electron chi connectivity index (χ0n) is 14.7. The zero-order valence-corrected chi connectivity index (χ0v) is 14.7. The molecule has 1 amide bonds. The van der Waals surface area contributed by atoms with Gasteiger partial charge < -0.3 is 20.1 Å². The van der Waals surface area contributed by atoms with Gasteiger partial charge in [0.1, 0.15) is 11.6 Å². The molecule has 1 heterocycles. The second kappa shape index (κ2) is 10.3. The van der Waals surface area contributed by atoms with Gasteiger partial charge in [0.2, 0.25) is 0 Å². The Balaban J connectivity index is 1.81. The minimum absolute atomic E-state index is 0.106. The summed E-state index contributed by atoms with van der Waals surface area (Å²) in [7, 11) is 3.32. The van der Waals surface area contributed by atoms with E-state index >= 15 is 0 Å². The molecule has 0 aliphatic rings. The van der Waals surface area contributed by atoms with Crippen LogP contribution in [0.3, 0.4) is 0 Å². The van der Waals surface area contributed by atoms with Gasteiger partial charge in [-0.05, 0) is 42.7 Å². The number of rotatable bonds is 10. The topological polar surface area (TPSA) is 72.5 Å². The molecular weight excluding hydrogens is 318 g/mol. The van der Waals surface area contributed by atoms with Gasteiger partial charge in [0.05, 0.1) is 7.11 Å². The van der Waals surface area contributed by atoms with Gasteiger partial charge in [-0.15, -0.1) is 0 Å². The molecule has 6 heteroatoms. The van der Waals surface area contributed by atoms with E-state index in [0.29, 0.717) is 24.5 Å². The van der Waals surface area contributed by atoms with Crippen LogP contribution >= 0.6 is 0 Å². The Labute approximate surface area is 148 Å². The normalized spacial score (nSPS) is 10.3. The maximum absolute atomic E-state index is 12.3. The second-order valence-corrected chi connectivity index (χ2v) is 5.56. The van der Waals surface area contributed by atoms with Crippen molar-refractivity contribution < 1.29 is 14.3 Å². The van der Waals surface area contributed by atoms with Crippen molar-refractivity contribution in [3.63, 3.8) is 0 Å². The van der Waals surface area contributed by atoms with Crippen LogP contribution in [0.25, 0.3) is 0 Å². The lowest BCUT2D eigenvalue weighted by Crippen LogP contribution is -2.25. The number of methoxy groups -OCH3 is 2. The van der Waals surface area contributed by atoms with Crippen LogP contribution in [0.1, 0.15) is 22.3 Å². The monoisotopic (exact) mass is 343 g/mol. The summed E-state index contributed by atoms with van der Waals surface area (Å²) in [5.74, 6) is 1.41. The van der Waals surface area contributed by atoms with E-state index in [9.17, 15) is 4.79 Å². The first-order chi connectivity index (χ1) is 12.2. The fourth-order valence-electron chi connectivity index (χ4n) is 2.35. The largest absolute Gasteiger partial charge is 0.497 e. The average molecular weight is 343 g/mol. The van der Waals surface area contributed by atoms with Crippen molar-refractivity contribution in [2.75, 3.05) is 39.2 Å². The zero-order chi connectivity index (χ0) is 17.9. The van der Waals surface area contributed by atoms with Crippen LogP contribution in [-0.4, -0.2) is 44.8 Å². The summed E-state index contributed by atoms with van der Waals surface area (Å²) in [6.45, 7) is 2.00. The Morgan fingerprint density at radius 2 is 2.04 bits per heavy atom. The van der Waals surface area contributed by atoms with E-state index in [2.05, 4.69) is 15.6 Å². The van der Waals surface area contributed by atoms with Crippen LogP contribution in [0.4, 0.5) is 5.82 Å². The molecule has 0 aliphatic carbocycles. The number of benzene rings is 1. The number of pyridine rings is 1. The van der Waals surface area contributed by atoms with Gasteiger partial charge in [-0.3, -0.25) is 4.79 Å². The minimum atomic E-state index is -0.106. The number of nitrogens with one attached hydrogen (secondary N) is 2. The summed E-state index contributed by atoms with van der Waals surface area (Å²) >= 11 is 0. The highest BCUT2D eigenvalue weighted by atomic mass is 16.5. The summed E-state index contributed by atoms with van der Waals surface area (Å²) in [4.78, 5) is 16.5. The first-order valence-corrected chi connectivity index (χ1v) is 8.33. The van der Waals surface area contributed by atoms with Gasteiger partial charge in [0, 0.05) is 38.6 Å². The van der Waals surface area contributed by atoms with E-state index in [1.54, 1.807) is 32.5 Å². The first-order valence-electron chi connectivity index (χ1n) is 8.33. The lowest BCUT2D eigenvalue weighted by atomic mass is 10.1. The van der Waals surface area contributed by atoms with Gasteiger partial charge in [-0.25, -0.2) is 4.98 Å². The standard InChI is InChI=1S/C19H25N3O3/c1-24-12-4-9-20-18-14-16(8-11-21-18)19(23)22-10-7-15-5-3-6-17(13-15)25-2/h3,5-6,8,11,13-14H,4,7,9-10,12H2,1-2H3,(H,20,21)(H,22,23). The lowest BCUT2D eigenvalue weighted by molar-refractivity contribution is 0.0954. The molecule has 0 aliphatic heterocycles. The molecule has 134 valence electrons. The Morgan fingerprint density at radius 3 is 2.84 bits per heavy atom. The molecule has 1 aromatic carbocycles. The molecule has 0 saturated carbocycles. The van der Waals surface area contributed by atoms with Crippen molar-refractivity contribution in [2.45, 2.75) is 12.8 Å². The van der Waals surface area contributed by atoms with Crippen molar-refractivity contribution in [3.05, 3.63) is 53.7 Å². The van der Waals surface area contributed by atoms with Gasteiger partial charge >= 0.3 is 0 Å². The third-order valence-electron chi connectivity index (χ3n) is 3.69. The summed E-state index contributed by atoms with van der Waals surface area (Å²) < 4.78 is 10.2. The maximum atomic E-state index is 12.3. The van der Waals surface area contributed by atoms with Crippen molar-refractivity contribution in [1.82, 2.24) is 10.3 Å². The van der Waals surface area contributed by atoms with Gasteiger partial charge in [0.15, 0.2) is 0 Å². The molecule has 0 saturated heterocycles. The first kappa shape index (κ1) is 18.7. The summed E-state index contributed by atoms with van der Waals surface area (Å²) in [6, 6.07) is 11.3. The Bertz CT molecular complexity index is 676. The molecule has 2 N–H and O–H groups in total. The molecule has 0 spiro atoms. The summed E-state index contributed by atoms with van der Waals surface area (Å²) in [5.41, 5.74) is 1.71. The molecule has 2 rings (SSSR count). The Morgan fingerprint density at radius 1 is 1.16 bits per heavy atom. The van der Waals surface area contributed by atoms with Crippen molar-refractivity contribution in [1.29, 1.82) is 0 Å². The van der Waals surface area contributed by atoms with Crippen LogP contribution < -0.4 is 15.4 Å². The number of amides is 1. The van der Waals surface area contributed by atoms with E-state index in [1.165, 1.54) is 0 Å². The van der Waals surface area contributed by atoms with E-state index in [1.807, 2.05) is 24.3 Å². The van der Waals surface area contributed by atoms with E-state index in [4.69, 9.17) is 9.47 Å². The summed E-state index contributed by atoms with van der Waals surface area (Å²) in [5, 5.41) is 6.12. The third kappa shape index (κ3) is 6.43. The predicted octanol–water partition coefficient (Wildman–Crippen LogP) is 2.51. The number of anilines is 1. The molecule has 6 nitrogen and oxygen atoms in total. The number of aromatic nitrogens is 1. The Hall–Kier alpha value is -2.60. The average Bonchev–Trinajstić information content (AvgIpc) is 2.65. The smallest absolute Gasteiger partial charge is 0.251 e. The molecule has 25 heavy (non-hydrogen) atoms. The highest BCUT2D eigenvalue weighted by Gasteiger charge is 2.06. The molecular formula is C19H25N3O3. The van der Waals surface area contributed by atoms with Crippen molar-refractivity contribution in [3.8, 4) is 5.75 Å². The number of carbonyl (C=O) groups is 1. The molecule has 1 aromatic heterocycles. The van der Waals surface area contributed by atoms with E-state index < -0.39 is 0 Å². The quantitative estimate of drug-likeness (QED) is 0.649. The van der Waals surface area contributed by atoms with Crippen LogP contribution in [0.15, 0.2) is 42.6 Å². The van der Waals surface area contributed by atoms with Crippen LogP contribution in [0.2, 0.25) is 0 Å². The van der Waals surface area contributed by atoms with E-state index in [-0.39, 0.29) is 5.91 Å². The number of hydrogen-bond acceptors (Lipinski definition) is 5. The molecule has 0 fully saturated rings. The van der Waals surface area contributed by atoms with Gasteiger partial charge in [-0.2, -0.15) is 0 Å². The summed E-state index contributed by atoms with van der Waals surface area (Å²) in [6.07, 6.45) is 3.26. The number of nitrogens with zero attached hydrogens (tertiary/aromatic N) is 1. The van der Waals surface area contributed by atoms with Crippen molar-refractivity contribution >= 4 is 11.7 Å². The van der Waals surface area contributed by atoms with Crippen LogP contribution in [0, 0.1) is 0 Å². The SMILES string of the molecule is COCCCNc1cc(C(=O)NCCc2cccc(OC)c2)ccn1. The number of ether oxygens (including phenoxy) is 2. The van der Waals surface area contributed by atoms with Crippen LogP contribution in [0.5, 0.6) is 5.75 Å².